The van der Waals surface area contributed by atoms with Crippen LogP contribution in [0.25, 0.3) is 5.69 Å². The average molecular weight is 516 g/mol. The topological polar surface area (TPSA) is 104 Å². The number of carbonyl (C=O) groups excluding carboxylic acids is 2. The summed E-state index contributed by atoms with van der Waals surface area (Å²) < 4.78 is 13.0. The Morgan fingerprint density at radius 2 is 2.06 bits per heavy atom. The first-order chi connectivity index (χ1) is 16.9. The summed E-state index contributed by atoms with van der Waals surface area (Å²) in [6, 6.07) is 12.4. The summed E-state index contributed by atoms with van der Waals surface area (Å²) in [6.07, 6.45) is 2.00. The molecule has 1 atom stereocenters. The lowest BCUT2D eigenvalue weighted by atomic mass is 10.1. The predicted octanol–water partition coefficient (Wildman–Crippen LogP) is 4.19. The maximum atomic E-state index is 12.9. The van der Waals surface area contributed by atoms with E-state index >= 15 is 0 Å². The van der Waals surface area contributed by atoms with E-state index in [0.717, 1.165) is 5.56 Å². The minimum atomic E-state index is -0.472. The first kappa shape index (κ1) is 25.1. The number of carbonyl (C=O) groups is 2. The number of halogens is 1. The maximum absolute atomic E-state index is 12.9. The normalized spacial score (nSPS) is 15.5. The Bertz CT molecular complexity index is 1290. The van der Waals surface area contributed by atoms with Crippen LogP contribution >= 0.6 is 22.9 Å². The van der Waals surface area contributed by atoms with E-state index in [1.807, 2.05) is 12.1 Å². The van der Waals surface area contributed by atoms with E-state index in [2.05, 4.69) is 0 Å². The van der Waals surface area contributed by atoms with Gasteiger partial charge in [-0.25, -0.2) is 4.79 Å². The molecule has 184 valence electrons. The molecule has 0 bridgehead atoms. The third-order valence-corrected chi connectivity index (χ3v) is 7.06. The molecule has 1 aliphatic heterocycles. The van der Waals surface area contributed by atoms with Gasteiger partial charge in [-0.2, -0.15) is 0 Å². The average Bonchev–Trinajstić information content (AvgIpc) is 3.45. The number of methoxy groups -OCH3 is 1. The van der Waals surface area contributed by atoms with E-state index in [-0.39, 0.29) is 24.4 Å². The van der Waals surface area contributed by atoms with Crippen LogP contribution < -0.4 is 16.2 Å². The molecule has 2 N–H and O–H groups in total. The van der Waals surface area contributed by atoms with Gasteiger partial charge in [0.05, 0.1) is 28.1 Å². The second-order valence-electron chi connectivity index (χ2n) is 8.18. The Kier molecular flexibility index (Phi) is 8.02. The lowest BCUT2D eigenvalue weighted by Crippen LogP contribution is -2.26. The van der Waals surface area contributed by atoms with Crippen LogP contribution in [0.5, 0.6) is 0 Å². The van der Waals surface area contributed by atoms with Crippen LogP contribution in [0.15, 0.2) is 53.5 Å². The number of cyclic esters (lactones) is 1. The van der Waals surface area contributed by atoms with E-state index in [0.29, 0.717) is 52.1 Å². The molecule has 1 fully saturated rings. The highest BCUT2D eigenvalue weighted by Gasteiger charge is 2.33. The molecular formula is C25H26ClN3O5S. The number of nitrogens with zero attached hydrogens (tertiary/aromatic N) is 2. The van der Waals surface area contributed by atoms with E-state index in [1.54, 1.807) is 48.2 Å². The standard InChI is InChI=1S/C25H26ClN3O5S/c1-33-15-17-13-18(4-6-20(17)28-12-2-3-16(10-11-27)24(28)31)29-14-19(34-25(29)32)5-7-21(30)22-8-9-23(26)35-22/h2-4,6,8-9,12-13,19H,5,7,10-11,14-15,27H2,1H3/t19-/m0/s1. The molecule has 8 nitrogen and oxygen atoms in total. The summed E-state index contributed by atoms with van der Waals surface area (Å²) >= 11 is 7.15. The first-order valence-electron chi connectivity index (χ1n) is 11.2. The molecule has 1 saturated heterocycles. The number of amides is 1. The molecule has 2 aromatic heterocycles. The Labute approximate surface area is 211 Å². The summed E-state index contributed by atoms with van der Waals surface area (Å²) in [4.78, 5) is 40.0. The van der Waals surface area contributed by atoms with Crippen molar-refractivity contribution in [1.29, 1.82) is 0 Å². The minimum absolute atomic E-state index is 0.0227. The van der Waals surface area contributed by atoms with Gasteiger partial charge >= 0.3 is 6.09 Å². The molecule has 0 radical (unpaired) electrons. The molecule has 0 unspecified atom stereocenters. The zero-order valence-electron chi connectivity index (χ0n) is 19.2. The number of hydrogen-bond donors (Lipinski definition) is 1. The first-order valence-corrected chi connectivity index (χ1v) is 12.4. The van der Waals surface area contributed by atoms with E-state index in [1.165, 1.54) is 16.2 Å². The van der Waals surface area contributed by atoms with Gasteiger partial charge in [0, 0.05) is 36.5 Å². The van der Waals surface area contributed by atoms with E-state index in [4.69, 9.17) is 26.8 Å². The third kappa shape index (κ3) is 5.65. The van der Waals surface area contributed by atoms with Crippen LogP contribution in [-0.4, -0.2) is 42.7 Å². The molecule has 35 heavy (non-hydrogen) atoms. The SMILES string of the molecule is COCc1cc(N2C[C@H](CCC(=O)c3ccc(Cl)s3)OC2=O)ccc1-n1cccc(CCN)c1=O. The highest BCUT2D eigenvalue weighted by Crippen LogP contribution is 2.29. The Morgan fingerprint density at radius 1 is 1.23 bits per heavy atom. The number of ether oxygens (including phenoxy) is 2. The molecule has 10 heteroatoms. The van der Waals surface area contributed by atoms with Gasteiger partial charge in [0.25, 0.3) is 5.56 Å². The number of aromatic nitrogens is 1. The van der Waals surface area contributed by atoms with Gasteiger partial charge in [0.2, 0.25) is 0 Å². The quantitative estimate of drug-likeness (QED) is 0.406. The third-order valence-electron chi connectivity index (χ3n) is 5.79. The van der Waals surface area contributed by atoms with Crippen molar-refractivity contribution in [3.63, 3.8) is 0 Å². The van der Waals surface area contributed by atoms with Crippen molar-refractivity contribution in [3.8, 4) is 5.69 Å². The zero-order chi connectivity index (χ0) is 24.9. The van der Waals surface area contributed by atoms with Crippen molar-refractivity contribution in [3.05, 3.63) is 79.4 Å². The summed E-state index contributed by atoms with van der Waals surface area (Å²) in [7, 11) is 1.57. The number of benzene rings is 1. The van der Waals surface area contributed by atoms with Gasteiger partial charge in [0.1, 0.15) is 6.10 Å². The predicted molar refractivity (Wildman–Crippen MR) is 136 cm³/mol. The lowest BCUT2D eigenvalue weighted by molar-refractivity contribution is 0.0943. The molecule has 3 heterocycles. The molecule has 1 amide bonds. The molecule has 0 aliphatic carbocycles. The fourth-order valence-corrected chi connectivity index (χ4v) is 5.09. The summed E-state index contributed by atoms with van der Waals surface area (Å²) in [5.74, 6) is -0.0227. The van der Waals surface area contributed by atoms with Crippen molar-refractivity contribution in [2.24, 2.45) is 5.73 Å². The van der Waals surface area contributed by atoms with Crippen LogP contribution in [0.2, 0.25) is 4.34 Å². The smallest absolute Gasteiger partial charge is 0.414 e. The highest BCUT2D eigenvalue weighted by atomic mass is 35.5. The van der Waals surface area contributed by atoms with Gasteiger partial charge in [-0.3, -0.25) is 19.1 Å². The van der Waals surface area contributed by atoms with Gasteiger partial charge < -0.3 is 15.2 Å². The molecule has 3 aromatic rings. The number of nitrogens with two attached hydrogens (primary N) is 1. The second kappa shape index (κ2) is 11.2. The molecule has 1 aliphatic rings. The fourth-order valence-electron chi connectivity index (χ4n) is 4.08. The summed E-state index contributed by atoms with van der Waals surface area (Å²) in [5, 5.41) is 0. The largest absolute Gasteiger partial charge is 0.444 e. The van der Waals surface area contributed by atoms with E-state index in [9.17, 15) is 14.4 Å². The molecular weight excluding hydrogens is 490 g/mol. The number of Topliss-reactive ketones (excluding diaryl/α,β-unsaturated/α-hetero) is 1. The number of thiophene rings is 1. The summed E-state index contributed by atoms with van der Waals surface area (Å²) in [5.41, 5.74) is 8.18. The molecule has 0 spiro atoms. The van der Waals surface area contributed by atoms with E-state index < -0.39 is 12.2 Å². The number of ketones is 1. The van der Waals surface area contributed by atoms with Gasteiger partial charge in [0.15, 0.2) is 5.78 Å². The van der Waals surface area contributed by atoms with Crippen LogP contribution in [0.3, 0.4) is 0 Å². The fraction of sp³-hybridized carbons (Fsp3) is 0.320. The van der Waals surface area contributed by atoms with Gasteiger partial charge in [-0.1, -0.05) is 17.7 Å². The van der Waals surface area contributed by atoms with Crippen LogP contribution in [0, 0.1) is 0 Å². The molecule has 1 aromatic carbocycles. The highest BCUT2D eigenvalue weighted by molar-refractivity contribution is 7.18. The monoisotopic (exact) mass is 515 g/mol. The number of rotatable bonds is 10. The van der Waals surface area contributed by atoms with Crippen molar-refractivity contribution in [1.82, 2.24) is 4.57 Å². The molecule has 0 saturated carbocycles. The van der Waals surface area contributed by atoms with Crippen LogP contribution in [0.1, 0.15) is 33.6 Å². The van der Waals surface area contributed by atoms with Crippen molar-refractivity contribution in [2.75, 3.05) is 25.1 Å². The summed E-state index contributed by atoms with van der Waals surface area (Å²) in [6.45, 7) is 0.962. The maximum Gasteiger partial charge on any atom is 0.414 e. The lowest BCUT2D eigenvalue weighted by Gasteiger charge is -2.18. The van der Waals surface area contributed by atoms with Gasteiger partial charge in [-0.05, 0) is 55.8 Å². The van der Waals surface area contributed by atoms with Crippen LogP contribution in [0.4, 0.5) is 10.5 Å². The van der Waals surface area contributed by atoms with Crippen molar-refractivity contribution in [2.45, 2.75) is 32.0 Å². The Morgan fingerprint density at radius 3 is 2.77 bits per heavy atom. The molecule has 4 rings (SSSR count). The minimum Gasteiger partial charge on any atom is -0.444 e. The Balaban J connectivity index is 1.51. The zero-order valence-corrected chi connectivity index (χ0v) is 20.8. The van der Waals surface area contributed by atoms with Crippen molar-refractivity contribution < 1.29 is 19.1 Å². The second-order valence-corrected chi connectivity index (χ2v) is 9.89. The van der Waals surface area contributed by atoms with Gasteiger partial charge in [-0.15, -0.1) is 11.3 Å². The Hall–Kier alpha value is -2.98. The van der Waals surface area contributed by atoms with Crippen LogP contribution in [-0.2, 0) is 22.5 Å². The number of anilines is 1. The number of hydrogen-bond acceptors (Lipinski definition) is 7. The van der Waals surface area contributed by atoms with Crippen molar-refractivity contribution >= 4 is 40.5 Å². The number of pyridine rings is 1.